The monoisotopic (exact) mass is 227 g/mol. The summed E-state index contributed by atoms with van der Waals surface area (Å²) in [4.78, 5) is 16.9. The second-order valence-electron chi connectivity index (χ2n) is 2.35. The van der Waals surface area contributed by atoms with Crippen LogP contribution in [0, 0.1) is 5.41 Å². The van der Waals surface area contributed by atoms with E-state index in [1.54, 1.807) is 0 Å². The van der Waals surface area contributed by atoms with Crippen LogP contribution in [0.5, 0.6) is 0 Å². The van der Waals surface area contributed by atoms with Gasteiger partial charge in [0.15, 0.2) is 0 Å². The van der Waals surface area contributed by atoms with Gasteiger partial charge >= 0.3 is 6.80 Å². The van der Waals surface area contributed by atoms with Crippen molar-refractivity contribution in [3.05, 3.63) is 0 Å². The molecule has 0 heterocycles. The van der Waals surface area contributed by atoms with E-state index in [0.717, 1.165) is 0 Å². The molecule has 0 bridgehead atoms. The first-order chi connectivity index (χ1) is 5.92. The molecule has 0 spiro atoms. The molecule has 0 atom stereocenters. The normalized spacial score (nSPS) is 11.5. The van der Waals surface area contributed by atoms with Gasteiger partial charge in [0, 0.05) is 25.3 Å². The highest BCUT2D eigenvalue weighted by atomic mass is 32.7. The van der Waals surface area contributed by atoms with Crippen molar-refractivity contribution in [2.24, 2.45) is 5.73 Å². The Hall–Kier alpha value is -0.0700. The molecule has 0 aliphatic heterocycles. The zero-order valence-electron chi connectivity index (χ0n) is 7.06. The molecule has 6 nitrogen and oxygen atoms in total. The molecule has 0 aliphatic carbocycles. The maximum absolute atomic E-state index is 10.3. The molecule has 0 saturated heterocycles. The lowest BCUT2D eigenvalue weighted by Gasteiger charge is -2.04. The van der Waals surface area contributed by atoms with Crippen LogP contribution in [0.15, 0.2) is 0 Å². The highest BCUT2D eigenvalue weighted by molar-refractivity contribution is 8.54. The molecule has 0 rings (SSSR count). The summed E-state index contributed by atoms with van der Waals surface area (Å²) >= 11 is 0.612. The number of nitrogens with one attached hydrogen (secondary N) is 2. The first-order valence-corrected chi connectivity index (χ1v) is 6.86. The van der Waals surface area contributed by atoms with Crippen molar-refractivity contribution in [1.82, 2.24) is 5.32 Å². The van der Waals surface area contributed by atoms with Gasteiger partial charge < -0.3 is 20.8 Å². The lowest BCUT2D eigenvalue weighted by atomic mass is 10.4. The van der Waals surface area contributed by atoms with Gasteiger partial charge in [-0.25, -0.2) is 4.57 Å². The predicted octanol–water partition coefficient (Wildman–Crippen LogP) is -0.272. The number of nitrogens with two attached hydrogens (primary N) is 1. The van der Waals surface area contributed by atoms with Crippen molar-refractivity contribution in [1.29, 1.82) is 5.41 Å². The quantitative estimate of drug-likeness (QED) is 0.177. The Morgan fingerprint density at radius 3 is 2.62 bits per heavy atom. The van der Waals surface area contributed by atoms with Gasteiger partial charge in [0.2, 0.25) is 0 Å². The Bertz CT molecular complexity index is 207. The first-order valence-electron chi connectivity index (χ1n) is 3.65. The molecule has 0 radical (unpaired) electrons. The minimum atomic E-state index is -3.92. The van der Waals surface area contributed by atoms with Crippen LogP contribution < -0.4 is 11.1 Å². The minimum Gasteiger partial charge on any atom is -0.388 e. The van der Waals surface area contributed by atoms with Crippen LogP contribution in [0.4, 0.5) is 0 Å². The highest BCUT2D eigenvalue weighted by Crippen LogP contribution is 2.49. The van der Waals surface area contributed by atoms with E-state index in [9.17, 15) is 4.57 Å². The lowest BCUT2D eigenvalue weighted by molar-refractivity contribution is 0.397. The Kier molecular flexibility index (Phi) is 6.36. The highest BCUT2D eigenvalue weighted by Gasteiger charge is 2.11. The molecule has 8 heteroatoms. The van der Waals surface area contributed by atoms with E-state index in [2.05, 4.69) is 5.32 Å². The fourth-order valence-corrected chi connectivity index (χ4v) is 2.05. The molecule has 0 amide bonds. The van der Waals surface area contributed by atoms with Crippen LogP contribution in [-0.2, 0) is 4.57 Å². The molecule has 0 unspecified atom stereocenters. The van der Waals surface area contributed by atoms with Gasteiger partial charge in [-0.15, -0.1) is 0 Å². The molecule has 78 valence electrons. The average Bonchev–Trinajstić information content (AvgIpc) is 1.93. The van der Waals surface area contributed by atoms with Crippen molar-refractivity contribution in [3.8, 4) is 0 Å². The van der Waals surface area contributed by atoms with Crippen molar-refractivity contribution >= 4 is 24.0 Å². The van der Waals surface area contributed by atoms with Gasteiger partial charge in [0.05, 0.1) is 5.84 Å². The molecule has 0 aromatic carbocycles. The summed E-state index contributed by atoms with van der Waals surface area (Å²) in [7, 11) is 0. The fourth-order valence-electron chi connectivity index (χ4n) is 0.585. The van der Waals surface area contributed by atoms with Crippen LogP contribution in [0.2, 0.25) is 0 Å². The zero-order valence-corrected chi connectivity index (χ0v) is 8.77. The molecule has 0 saturated carbocycles. The standard InChI is InChI=1S/C5H14N3O3PS/c6-5(7)1-2-8-3-4-13-12(9,10)11/h8H,1-4H2,(H3,6,7)(H2,9,10,11). The van der Waals surface area contributed by atoms with E-state index in [1.165, 1.54) is 0 Å². The second kappa shape index (κ2) is 6.39. The summed E-state index contributed by atoms with van der Waals surface area (Å²) < 4.78 is 10.3. The summed E-state index contributed by atoms with van der Waals surface area (Å²) in [6.45, 7) is -2.85. The summed E-state index contributed by atoms with van der Waals surface area (Å²) in [5.74, 6) is 0.456. The summed E-state index contributed by atoms with van der Waals surface area (Å²) in [6.07, 6.45) is 0.459. The van der Waals surface area contributed by atoms with Crippen molar-refractivity contribution in [3.63, 3.8) is 0 Å². The number of rotatable bonds is 7. The van der Waals surface area contributed by atoms with Crippen LogP contribution in [0.25, 0.3) is 0 Å². The lowest BCUT2D eigenvalue weighted by Crippen LogP contribution is -2.23. The van der Waals surface area contributed by atoms with Crippen LogP contribution in [0.1, 0.15) is 6.42 Å². The molecule has 0 aromatic rings. The predicted molar refractivity (Wildman–Crippen MR) is 53.9 cm³/mol. The molecule has 0 aliphatic rings. The van der Waals surface area contributed by atoms with Gasteiger partial charge in [-0.2, -0.15) is 0 Å². The number of hydrogen-bond donors (Lipinski definition) is 5. The van der Waals surface area contributed by atoms with Crippen LogP contribution >= 0.6 is 18.2 Å². The van der Waals surface area contributed by atoms with Gasteiger partial charge in [-0.05, 0) is 11.4 Å². The van der Waals surface area contributed by atoms with Gasteiger partial charge in [-0.3, -0.25) is 5.41 Å². The van der Waals surface area contributed by atoms with E-state index in [0.29, 0.717) is 36.6 Å². The summed E-state index contributed by atoms with van der Waals surface area (Å²) in [5.41, 5.74) is 5.09. The third-order valence-corrected chi connectivity index (χ3v) is 3.39. The van der Waals surface area contributed by atoms with E-state index >= 15 is 0 Å². The summed E-state index contributed by atoms with van der Waals surface area (Å²) in [6, 6.07) is 0. The Labute approximate surface area is 80.7 Å². The Morgan fingerprint density at radius 1 is 1.54 bits per heavy atom. The first kappa shape index (κ1) is 12.9. The Balaban J connectivity index is 3.18. The Morgan fingerprint density at radius 2 is 2.15 bits per heavy atom. The van der Waals surface area contributed by atoms with E-state index in [-0.39, 0.29) is 5.84 Å². The van der Waals surface area contributed by atoms with Gasteiger partial charge in [0.1, 0.15) is 0 Å². The van der Waals surface area contributed by atoms with E-state index in [1.807, 2.05) is 0 Å². The molecule has 6 N–H and O–H groups in total. The topological polar surface area (TPSA) is 119 Å². The number of amidine groups is 1. The largest absolute Gasteiger partial charge is 0.388 e. The smallest absolute Gasteiger partial charge is 0.384 e. The van der Waals surface area contributed by atoms with E-state index < -0.39 is 6.80 Å². The second-order valence-corrected chi connectivity index (χ2v) is 6.20. The van der Waals surface area contributed by atoms with Crippen molar-refractivity contribution in [2.75, 3.05) is 18.8 Å². The molecule has 13 heavy (non-hydrogen) atoms. The SMILES string of the molecule is N=C(N)CCNCCSP(=O)(O)O. The third-order valence-electron chi connectivity index (χ3n) is 1.11. The molecule has 0 fully saturated rings. The van der Waals surface area contributed by atoms with Crippen LogP contribution in [-0.4, -0.2) is 34.5 Å². The molecular formula is C5H14N3O3PS. The fraction of sp³-hybridized carbons (Fsp3) is 0.800. The summed E-state index contributed by atoms with van der Waals surface area (Å²) in [5, 5.41) is 9.79. The van der Waals surface area contributed by atoms with Crippen molar-refractivity contribution in [2.45, 2.75) is 6.42 Å². The number of hydrogen-bond acceptors (Lipinski definition) is 4. The zero-order chi connectivity index (χ0) is 10.3. The maximum Gasteiger partial charge on any atom is 0.384 e. The van der Waals surface area contributed by atoms with Crippen LogP contribution in [0.3, 0.4) is 0 Å². The third kappa shape index (κ3) is 11.9. The molecular weight excluding hydrogens is 213 g/mol. The minimum absolute atomic E-state index is 0.107. The molecule has 0 aromatic heterocycles. The van der Waals surface area contributed by atoms with Crippen molar-refractivity contribution < 1.29 is 14.4 Å². The van der Waals surface area contributed by atoms with E-state index in [4.69, 9.17) is 20.9 Å². The van der Waals surface area contributed by atoms with Gasteiger partial charge in [0.25, 0.3) is 0 Å². The maximum atomic E-state index is 10.3. The van der Waals surface area contributed by atoms with Gasteiger partial charge in [-0.1, -0.05) is 0 Å². The average molecular weight is 227 g/mol.